The Morgan fingerprint density at radius 3 is 1.11 bits per heavy atom. The first-order chi connectivity index (χ1) is 53.7. The molecule has 22 nitrogen and oxygen atoms in total. The van der Waals surface area contributed by atoms with Crippen LogP contribution < -0.4 is 56.8 Å². The molecule has 114 heavy (non-hydrogen) atoms. The van der Waals surface area contributed by atoms with Crippen LogP contribution in [0.1, 0.15) is 88.3 Å². The molecule has 10 aromatic heterocycles. The molecule has 0 fully saturated rings. The van der Waals surface area contributed by atoms with Gasteiger partial charge < -0.3 is 56.8 Å². The maximum Gasteiger partial charge on any atom is 0.388 e. The summed E-state index contributed by atoms with van der Waals surface area (Å²) >= 11 is 17.6. The van der Waals surface area contributed by atoms with Gasteiger partial charge in [-0.05, 0) is 184 Å². The number of nitrogens with zero attached hydrogens (tertiary/aromatic N) is 10. The van der Waals surface area contributed by atoms with Crippen molar-refractivity contribution in [3.05, 3.63) is 221 Å². The van der Waals surface area contributed by atoms with E-state index in [1.807, 2.05) is 98.7 Å². The molecule has 0 aliphatic carbocycles. The molecular weight excluding hydrogens is 1700 g/mol. The predicted octanol–water partition coefficient (Wildman–Crippen LogP) is 21.7. The Bertz CT molecular complexity index is 4170. The minimum atomic E-state index is -2.93. The summed E-state index contributed by atoms with van der Waals surface area (Å²) in [7, 11) is 8.01. The maximum absolute atomic E-state index is 12.4. The Kier molecular flexibility index (Phi) is 49.5. The normalized spacial score (nSPS) is 10.0. The number of ether oxygens (including phenoxy) is 12. The van der Waals surface area contributed by atoms with Crippen molar-refractivity contribution < 1.29 is 105 Å². The van der Waals surface area contributed by atoms with E-state index in [9.17, 15) is 48.3 Å². The SMILES string of the molecule is CCOc1ccc(C)c(OC)n1.COc1cc(Br)cnc1C.COc1cc(Cl)cnc1C.COc1ccc(C)c(OC)n1.Cc1cc(F)cnc1OC(F)F.Cc1ccc(C)c(OC(C)C)n1.Cc1ccc(C)c(OC(F)F)n1.Cc1cccnc1OC(F)F.Cc1ncc(Br)cc1OC(F)F.Cc1ncc(Cl)cc1OC(F)F. The van der Waals surface area contributed by atoms with E-state index in [0.29, 0.717) is 67.8 Å². The fraction of sp³-hybridized carbons (Fsp3) is 0.351. The highest BCUT2D eigenvalue weighted by Gasteiger charge is 2.14. The molecule has 10 heterocycles. The average Bonchev–Trinajstić information content (AvgIpc) is 0.889. The lowest BCUT2D eigenvalue weighted by Crippen LogP contribution is -2.08. The summed E-state index contributed by atoms with van der Waals surface area (Å²) in [6, 6.07) is 25.7. The molecule has 0 aliphatic heterocycles. The first-order valence-electron chi connectivity index (χ1n) is 33.3. The van der Waals surface area contributed by atoms with Gasteiger partial charge in [0, 0.05) is 109 Å². The number of hydrogen-bond donors (Lipinski definition) is 0. The summed E-state index contributed by atoms with van der Waals surface area (Å²) in [4.78, 5) is 38.9. The van der Waals surface area contributed by atoms with Crippen molar-refractivity contribution in [1.82, 2.24) is 49.8 Å². The van der Waals surface area contributed by atoms with Gasteiger partial charge in [-0.25, -0.2) is 24.3 Å². The van der Waals surface area contributed by atoms with E-state index in [-0.39, 0.29) is 45.8 Å². The van der Waals surface area contributed by atoms with Gasteiger partial charge in [-0.15, -0.1) is 0 Å². The van der Waals surface area contributed by atoms with E-state index in [1.165, 1.54) is 37.6 Å². The number of pyridine rings is 10. The van der Waals surface area contributed by atoms with Gasteiger partial charge in [0.1, 0.15) is 28.8 Å². The van der Waals surface area contributed by atoms with Crippen molar-refractivity contribution in [2.75, 3.05) is 42.2 Å². The molecule has 0 aromatic carbocycles. The summed E-state index contributed by atoms with van der Waals surface area (Å²) in [5.74, 6) is 4.01. The lowest BCUT2D eigenvalue weighted by atomic mass is 10.3. The van der Waals surface area contributed by atoms with Gasteiger partial charge in [0.25, 0.3) is 0 Å². The smallest absolute Gasteiger partial charge is 0.388 e. The molecule has 0 aliphatic rings. The van der Waals surface area contributed by atoms with Crippen molar-refractivity contribution in [2.45, 2.75) is 143 Å². The third-order valence-electron chi connectivity index (χ3n) is 13.1. The molecular formula is C77H89Br2Cl2F11N10O12. The first-order valence-corrected chi connectivity index (χ1v) is 35.6. The van der Waals surface area contributed by atoms with Gasteiger partial charge in [-0.3, -0.25) is 19.9 Å². The Morgan fingerprint density at radius 1 is 0.351 bits per heavy atom. The van der Waals surface area contributed by atoms with Gasteiger partial charge in [0.2, 0.25) is 47.0 Å². The summed E-state index contributed by atoms with van der Waals surface area (Å²) in [5, 5.41) is 0.874. The molecule has 0 radical (unpaired) electrons. The van der Waals surface area contributed by atoms with E-state index in [0.717, 1.165) is 67.9 Å². The number of aryl methyl sites for hydroxylation is 12. The number of alkyl halides is 10. The van der Waals surface area contributed by atoms with Gasteiger partial charge in [-0.1, -0.05) is 41.4 Å². The van der Waals surface area contributed by atoms with E-state index >= 15 is 0 Å². The number of methoxy groups -OCH3 is 5. The third kappa shape index (κ3) is 43.2. The Hall–Kier alpha value is -10.1. The topological polar surface area (TPSA) is 240 Å². The summed E-state index contributed by atoms with van der Waals surface area (Å²) in [5.41, 5.74) is 8.83. The second kappa shape index (κ2) is 55.4. The minimum absolute atomic E-state index is 0.00463. The fourth-order valence-corrected chi connectivity index (χ4v) is 8.62. The molecule has 10 rings (SSSR count). The molecule has 0 unspecified atom stereocenters. The summed E-state index contributed by atoms with van der Waals surface area (Å²) < 4.78 is 187. The van der Waals surface area contributed by atoms with Crippen LogP contribution in [0.3, 0.4) is 0 Å². The third-order valence-corrected chi connectivity index (χ3v) is 14.4. The van der Waals surface area contributed by atoms with E-state index in [4.69, 9.17) is 56.4 Å². The molecule has 37 heteroatoms. The molecule has 0 saturated carbocycles. The molecule has 0 spiro atoms. The molecule has 0 N–H and O–H groups in total. The van der Waals surface area contributed by atoms with Crippen molar-refractivity contribution >= 4 is 55.1 Å². The fourth-order valence-electron chi connectivity index (χ4n) is 7.71. The Balaban J connectivity index is 0.000000634. The van der Waals surface area contributed by atoms with Gasteiger partial charge in [-0.2, -0.15) is 53.9 Å². The monoisotopic (exact) mass is 1780 g/mol. The number of halogens is 15. The van der Waals surface area contributed by atoms with E-state index in [1.54, 1.807) is 119 Å². The standard InChI is InChI=1S/C10H15NO.C9H13NO2.C8H9F2NO.C8H11NO2.C7H6BrF2NO.C7H8BrNO.C7H6ClF2NO.C7H8ClNO.C7H6F3NO.C7H7F2NO/c1-7(2)12-10-8(3)5-6-9(4)11-10;1-4-12-8-6-5-7(2)9(10-8)11-3;1-5-3-4-6(2)11-7(5)12-8(9)10;1-6-4-5-7(10-2)9-8(6)11-3;1-4-6(12-7(9)10)2-5(8)3-11-4;1-5-7(10-2)3-6(8)4-9-5;1-4-6(12-7(9)10)2-5(8)3-11-4;1-5-7(10-2)3-6(8)4-9-5;1-4-2-5(8)3-11-6(4)12-7(9)10;1-5-3-2-4-10-6(5)11-7(8)9/h5-7H,1-4H3;5-6H,4H2,1-3H3;3-4,8H,1-2H3;4-5H,1-3H3;2-3,7H,1H3;3-4H,1-2H3;2-3,7H,1H3;3-4H,1-2H3;2-3,7H,1H3;2-4,7H,1H3. The minimum Gasteiger partial charge on any atom is -0.495 e. The molecule has 0 amide bonds. The lowest BCUT2D eigenvalue weighted by Gasteiger charge is -2.11. The first kappa shape index (κ1) is 102. The van der Waals surface area contributed by atoms with E-state index < -0.39 is 38.9 Å². The predicted molar refractivity (Wildman–Crippen MR) is 417 cm³/mol. The average molecular weight is 1790 g/mol. The zero-order valence-corrected chi connectivity index (χ0v) is 70.5. The van der Waals surface area contributed by atoms with Crippen LogP contribution in [0.5, 0.6) is 70.0 Å². The molecule has 0 saturated heterocycles. The van der Waals surface area contributed by atoms with Crippen LogP contribution >= 0.6 is 55.1 Å². The van der Waals surface area contributed by atoms with Crippen LogP contribution in [0.4, 0.5) is 48.3 Å². The van der Waals surface area contributed by atoms with Crippen LogP contribution in [-0.4, -0.2) is 131 Å². The van der Waals surface area contributed by atoms with Crippen molar-refractivity contribution in [3.8, 4) is 70.0 Å². The highest BCUT2D eigenvalue weighted by molar-refractivity contribution is 9.10. The van der Waals surface area contributed by atoms with Crippen LogP contribution in [0.25, 0.3) is 0 Å². The quantitative estimate of drug-likeness (QED) is 0.0683. The molecule has 0 bridgehead atoms. The zero-order chi connectivity index (χ0) is 86.3. The number of aromatic nitrogens is 10. The Labute approximate surface area is 682 Å². The molecule has 0 atom stereocenters. The summed E-state index contributed by atoms with van der Waals surface area (Å²) in [6.45, 7) is 13.6. The van der Waals surface area contributed by atoms with Crippen molar-refractivity contribution in [2.24, 2.45) is 0 Å². The van der Waals surface area contributed by atoms with E-state index in [2.05, 4.69) is 105 Å². The number of hydrogen-bond acceptors (Lipinski definition) is 22. The van der Waals surface area contributed by atoms with Gasteiger partial charge in [0.05, 0.1) is 87.3 Å². The maximum atomic E-state index is 12.4. The van der Waals surface area contributed by atoms with Crippen LogP contribution in [0.15, 0.2) is 137 Å². The highest BCUT2D eigenvalue weighted by atomic mass is 79.9. The zero-order valence-electron chi connectivity index (χ0n) is 65.8. The van der Waals surface area contributed by atoms with Gasteiger partial charge >= 0.3 is 33.1 Å². The molecule has 10 aromatic rings. The highest BCUT2D eigenvalue weighted by Crippen LogP contribution is 2.27. The van der Waals surface area contributed by atoms with Crippen LogP contribution in [-0.2, 0) is 0 Å². The second-order valence-electron chi connectivity index (χ2n) is 22.6. The summed E-state index contributed by atoms with van der Waals surface area (Å²) in [6.07, 6.45) is 8.66. The van der Waals surface area contributed by atoms with Crippen molar-refractivity contribution in [1.29, 1.82) is 0 Å². The van der Waals surface area contributed by atoms with Crippen LogP contribution in [0, 0.1) is 88.9 Å². The van der Waals surface area contributed by atoms with Crippen molar-refractivity contribution in [3.63, 3.8) is 0 Å². The Morgan fingerprint density at radius 2 is 0.711 bits per heavy atom. The second-order valence-corrected chi connectivity index (χ2v) is 25.3. The largest absolute Gasteiger partial charge is 0.495 e. The van der Waals surface area contributed by atoms with Gasteiger partial charge in [0.15, 0.2) is 0 Å². The van der Waals surface area contributed by atoms with Crippen LogP contribution in [0.2, 0.25) is 10.0 Å². The lowest BCUT2D eigenvalue weighted by molar-refractivity contribution is -0.0540. The molecule has 624 valence electrons. The number of rotatable bonds is 19.